The molecule has 0 fully saturated rings. The first-order chi connectivity index (χ1) is 12.8. The molecule has 0 aliphatic heterocycles. The standard InChI is InChI=1S/C17H15ClFN3O3S2/c1-2-3-16(23)21-17-20-14-8-10(4-7-15(14)26-17)22-27(24,25)11-5-6-13(19)12(18)9-11/h4-9,22H,2-3H2,1H3,(H,20,21,23). The molecule has 2 aromatic carbocycles. The molecule has 1 heterocycles. The van der Waals surface area contributed by atoms with E-state index in [1.54, 1.807) is 18.2 Å². The molecule has 0 unspecified atom stereocenters. The smallest absolute Gasteiger partial charge is 0.261 e. The highest BCUT2D eigenvalue weighted by Gasteiger charge is 2.17. The van der Waals surface area contributed by atoms with E-state index in [2.05, 4.69) is 15.0 Å². The maximum atomic E-state index is 13.2. The summed E-state index contributed by atoms with van der Waals surface area (Å²) in [6.07, 6.45) is 1.14. The predicted octanol–water partition coefficient (Wildman–Crippen LogP) is 4.63. The Bertz CT molecular complexity index is 1120. The van der Waals surface area contributed by atoms with Crippen LogP contribution in [-0.4, -0.2) is 19.3 Å². The van der Waals surface area contributed by atoms with Crippen molar-refractivity contribution in [3.05, 3.63) is 47.2 Å². The summed E-state index contributed by atoms with van der Waals surface area (Å²) in [7, 11) is -3.94. The van der Waals surface area contributed by atoms with Crippen LogP contribution in [0.3, 0.4) is 0 Å². The van der Waals surface area contributed by atoms with E-state index in [-0.39, 0.29) is 15.8 Å². The average molecular weight is 428 g/mol. The van der Waals surface area contributed by atoms with Gasteiger partial charge in [0.15, 0.2) is 5.13 Å². The zero-order chi connectivity index (χ0) is 19.6. The van der Waals surface area contributed by atoms with E-state index in [0.717, 1.165) is 29.3 Å². The van der Waals surface area contributed by atoms with E-state index in [1.807, 2.05) is 6.92 Å². The molecule has 3 rings (SSSR count). The molecular formula is C17H15ClFN3O3S2. The highest BCUT2D eigenvalue weighted by molar-refractivity contribution is 7.92. The number of benzene rings is 2. The van der Waals surface area contributed by atoms with Crippen molar-refractivity contribution in [2.45, 2.75) is 24.7 Å². The van der Waals surface area contributed by atoms with Gasteiger partial charge < -0.3 is 5.32 Å². The molecule has 27 heavy (non-hydrogen) atoms. The fourth-order valence-corrected chi connectivity index (χ4v) is 4.49. The van der Waals surface area contributed by atoms with Crippen LogP contribution in [-0.2, 0) is 14.8 Å². The molecule has 10 heteroatoms. The van der Waals surface area contributed by atoms with Crippen LogP contribution >= 0.6 is 22.9 Å². The van der Waals surface area contributed by atoms with E-state index < -0.39 is 15.8 Å². The molecule has 0 radical (unpaired) electrons. The van der Waals surface area contributed by atoms with Crippen LogP contribution in [0.15, 0.2) is 41.3 Å². The number of sulfonamides is 1. The van der Waals surface area contributed by atoms with E-state index in [1.165, 1.54) is 11.3 Å². The lowest BCUT2D eigenvalue weighted by Crippen LogP contribution is -2.13. The Labute approximate surface area is 164 Å². The van der Waals surface area contributed by atoms with Gasteiger partial charge in [-0.15, -0.1) is 0 Å². The zero-order valence-electron chi connectivity index (χ0n) is 14.1. The summed E-state index contributed by atoms with van der Waals surface area (Å²) in [6, 6.07) is 8.02. The minimum Gasteiger partial charge on any atom is -0.302 e. The van der Waals surface area contributed by atoms with Gasteiger partial charge in [0.25, 0.3) is 10.0 Å². The molecule has 0 spiro atoms. The number of carbonyl (C=O) groups excluding carboxylic acids is 1. The summed E-state index contributed by atoms with van der Waals surface area (Å²) < 4.78 is 41.4. The highest BCUT2D eigenvalue weighted by Crippen LogP contribution is 2.29. The number of nitrogens with zero attached hydrogens (tertiary/aromatic N) is 1. The van der Waals surface area contributed by atoms with Crippen molar-refractivity contribution < 1.29 is 17.6 Å². The Balaban J connectivity index is 1.84. The molecule has 0 bridgehead atoms. The summed E-state index contributed by atoms with van der Waals surface area (Å²) in [5, 5.41) is 2.89. The summed E-state index contributed by atoms with van der Waals surface area (Å²) >= 11 is 6.96. The van der Waals surface area contributed by atoms with Gasteiger partial charge in [-0.2, -0.15) is 0 Å². The molecule has 0 saturated carbocycles. The van der Waals surface area contributed by atoms with Crippen LogP contribution in [0.2, 0.25) is 5.02 Å². The second kappa shape index (κ2) is 7.79. The molecule has 0 atom stereocenters. The van der Waals surface area contributed by atoms with E-state index >= 15 is 0 Å². The van der Waals surface area contributed by atoms with E-state index in [0.29, 0.717) is 22.8 Å². The number of aromatic nitrogens is 1. The number of thiazole rings is 1. The van der Waals surface area contributed by atoms with E-state index in [4.69, 9.17) is 11.6 Å². The fourth-order valence-electron chi connectivity index (χ4n) is 2.31. The van der Waals surface area contributed by atoms with Crippen molar-refractivity contribution in [3.63, 3.8) is 0 Å². The van der Waals surface area contributed by atoms with Crippen molar-refractivity contribution in [2.75, 3.05) is 10.0 Å². The Kier molecular flexibility index (Phi) is 5.64. The molecule has 0 aliphatic carbocycles. The van der Waals surface area contributed by atoms with Crippen molar-refractivity contribution in [3.8, 4) is 0 Å². The van der Waals surface area contributed by atoms with Crippen LogP contribution in [0, 0.1) is 5.82 Å². The quantitative estimate of drug-likeness (QED) is 0.600. The second-order valence-corrected chi connectivity index (χ2v) is 8.80. The molecule has 1 aromatic heterocycles. The lowest BCUT2D eigenvalue weighted by molar-refractivity contribution is -0.116. The molecular weight excluding hydrogens is 413 g/mol. The molecule has 6 nitrogen and oxygen atoms in total. The van der Waals surface area contributed by atoms with Crippen molar-refractivity contribution in [1.82, 2.24) is 4.98 Å². The number of halogens is 2. The lowest BCUT2D eigenvalue weighted by Gasteiger charge is -2.08. The summed E-state index contributed by atoms with van der Waals surface area (Å²) in [5.74, 6) is -0.817. The normalized spacial score (nSPS) is 11.5. The van der Waals surface area contributed by atoms with Gasteiger partial charge in [-0.3, -0.25) is 9.52 Å². The van der Waals surface area contributed by atoms with Crippen molar-refractivity contribution in [2.24, 2.45) is 0 Å². The third kappa shape index (κ3) is 4.55. The number of hydrogen-bond donors (Lipinski definition) is 2. The molecule has 0 aliphatic rings. The van der Waals surface area contributed by atoms with Gasteiger partial charge >= 0.3 is 0 Å². The Morgan fingerprint density at radius 2 is 2.04 bits per heavy atom. The van der Waals surface area contributed by atoms with Crippen LogP contribution in [0.4, 0.5) is 15.2 Å². The number of carbonyl (C=O) groups is 1. The average Bonchev–Trinajstić information content (AvgIpc) is 2.98. The van der Waals surface area contributed by atoms with Gasteiger partial charge in [-0.05, 0) is 42.8 Å². The molecule has 3 aromatic rings. The molecule has 142 valence electrons. The highest BCUT2D eigenvalue weighted by atomic mass is 35.5. The van der Waals surface area contributed by atoms with Gasteiger partial charge in [-0.1, -0.05) is 29.9 Å². The maximum Gasteiger partial charge on any atom is 0.261 e. The van der Waals surface area contributed by atoms with Gasteiger partial charge in [-0.25, -0.2) is 17.8 Å². The SMILES string of the molecule is CCCC(=O)Nc1nc2cc(NS(=O)(=O)c3ccc(F)c(Cl)c3)ccc2s1. The number of nitrogens with one attached hydrogen (secondary N) is 2. The predicted molar refractivity (Wildman–Crippen MR) is 105 cm³/mol. The minimum absolute atomic E-state index is 0.120. The Morgan fingerprint density at radius 1 is 1.26 bits per heavy atom. The topological polar surface area (TPSA) is 88.2 Å². The number of anilines is 2. The number of rotatable bonds is 6. The summed E-state index contributed by atoms with van der Waals surface area (Å²) in [4.78, 5) is 15.8. The van der Waals surface area contributed by atoms with Crippen molar-refractivity contribution in [1.29, 1.82) is 0 Å². The van der Waals surface area contributed by atoms with Crippen LogP contribution in [0.1, 0.15) is 19.8 Å². The third-order valence-electron chi connectivity index (χ3n) is 3.56. The third-order valence-corrected chi connectivity index (χ3v) is 6.19. The lowest BCUT2D eigenvalue weighted by atomic mass is 10.3. The number of hydrogen-bond acceptors (Lipinski definition) is 5. The van der Waals surface area contributed by atoms with Gasteiger partial charge in [0, 0.05) is 6.42 Å². The molecule has 0 saturated heterocycles. The maximum absolute atomic E-state index is 13.2. The summed E-state index contributed by atoms with van der Waals surface area (Å²) in [5.41, 5.74) is 0.837. The van der Waals surface area contributed by atoms with Crippen LogP contribution in [0.5, 0.6) is 0 Å². The molecule has 1 amide bonds. The summed E-state index contributed by atoms with van der Waals surface area (Å²) in [6.45, 7) is 1.91. The van der Waals surface area contributed by atoms with E-state index in [9.17, 15) is 17.6 Å². The zero-order valence-corrected chi connectivity index (χ0v) is 16.5. The largest absolute Gasteiger partial charge is 0.302 e. The second-order valence-electron chi connectivity index (χ2n) is 5.68. The van der Waals surface area contributed by atoms with Gasteiger partial charge in [0.2, 0.25) is 5.91 Å². The first-order valence-electron chi connectivity index (χ1n) is 7.97. The minimum atomic E-state index is -3.94. The van der Waals surface area contributed by atoms with Gasteiger partial charge in [0.1, 0.15) is 5.82 Å². The number of fused-ring (bicyclic) bond motifs is 1. The molecule has 2 N–H and O–H groups in total. The first-order valence-corrected chi connectivity index (χ1v) is 10.6. The monoisotopic (exact) mass is 427 g/mol. The number of amides is 1. The Hall–Kier alpha value is -2.23. The fraction of sp³-hybridized carbons (Fsp3) is 0.176. The Morgan fingerprint density at radius 3 is 2.74 bits per heavy atom. The van der Waals surface area contributed by atoms with Crippen molar-refractivity contribution >= 4 is 59.9 Å². The van der Waals surface area contributed by atoms with Crippen LogP contribution < -0.4 is 10.0 Å². The first kappa shape index (κ1) is 19.5. The van der Waals surface area contributed by atoms with Gasteiger partial charge in [0.05, 0.1) is 25.8 Å². The van der Waals surface area contributed by atoms with Crippen LogP contribution in [0.25, 0.3) is 10.2 Å².